The van der Waals surface area contributed by atoms with E-state index in [2.05, 4.69) is 51.2 Å². The van der Waals surface area contributed by atoms with Crippen LogP contribution in [0.2, 0.25) is 0 Å². The number of rotatable bonds is 6. The van der Waals surface area contributed by atoms with Gasteiger partial charge in [0, 0.05) is 33.2 Å². The van der Waals surface area contributed by atoms with Crippen LogP contribution in [0.15, 0.2) is 29.3 Å². The molecule has 1 unspecified atom stereocenters. The van der Waals surface area contributed by atoms with E-state index in [-0.39, 0.29) is 0 Å². The largest absolute Gasteiger partial charge is 0.355 e. The lowest BCUT2D eigenvalue weighted by molar-refractivity contribution is 0.147. The van der Waals surface area contributed by atoms with Crippen molar-refractivity contribution in [3.8, 4) is 0 Å². The minimum atomic E-state index is 0.659. The number of aromatic nitrogens is 2. The lowest BCUT2D eigenvalue weighted by Crippen LogP contribution is -2.45. The molecule has 0 spiro atoms. The van der Waals surface area contributed by atoms with Crippen LogP contribution in [-0.2, 0) is 13.6 Å². The van der Waals surface area contributed by atoms with Gasteiger partial charge < -0.3 is 15.2 Å². The third-order valence-electron chi connectivity index (χ3n) is 5.43. The molecule has 0 radical (unpaired) electrons. The Kier molecular flexibility index (Phi) is 6.50. The molecule has 1 aliphatic heterocycles. The molecule has 2 N–H and O–H groups in total. The van der Waals surface area contributed by atoms with Crippen LogP contribution in [0.4, 0.5) is 0 Å². The van der Waals surface area contributed by atoms with Gasteiger partial charge in [0.1, 0.15) is 5.82 Å². The van der Waals surface area contributed by atoms with Gasteiger partial charge in [0.2, 0.25) is 0 Å². The average molecular weight is 357 g/mol. The van der Waals surface area contributed by atoms with Gasteiger partial charge in [-0.2, -0.15) is 0 Å². The summed E-state index contributed by atoms with van der Waals surface area (Å²) in [6.45, 7) is 6.18. The third kappa shape index (κ3) is 4.36. The lowest BCUT2D eigenvalue weighted by atomic mass is 10.0. The van der Waals surface area contributed by atoms with E-state index in [1.165, 1.54) is 32.2 Å². The molecule has 0 aliphatic carbocycles. The molecule has 1 atom stereocenters. The Labute approximate surface area is 156 Å². The molecule has 3 rings (SSSR count). The number of fused-ring (bicyclic) bond motifs is 1. The molecule has 26 heavy (non-hydrogen) atoms. The normalized spacial score (nSPS) is 19.0. The average Bonchev–Trinajstić information content (AvgIpc) is 3.01. The van der Waals surface area contributed by atoms with Crippen LogP contribution in [-0.4, -0.2) is 53.1 Å². The Morgan fingerprint density at radius 1 is 1.27 bits per heavy atom. The topological polar surface area (TPSA) is 57.5 Å². The molecular formula is C20H32N6. The lowest BCUT2D eigenvalue weighted by Gasteiger charge is -2.35. The standard InChI is InChI=1S/C20H32N6/c1-4-16-9-7-8-13-26(16)14-12-22-20(21-2)23-15-19-24-17-10-5-6-11-18(17)25(19)3/h5-6,10-11,16H,4,7-9,12-15H2,1-3H3,(H2,21,22,23). The summed E-state index contributed by atoms with van der Waals surface area (Å²) in [7, 11) is 3.88. The first kappa shape index (κ1) is 18.7. The van der Waals surface area contributed by atoms with Crippen molar-refractivity contribution in [1.82, 2.24) is 25.1 Å². The molecular weight excluding hydrogens is 324 g/mol. The highest BCUT2D eigenvalue weighted by molar-refractivity contribution is 5.80. The van der Waals surface area contributed by atoms with Crippen molar-refractivity contribution in [2.75, 3.05) is 26.7 Å². The van der Waals surface area contributed by atoms with Gasteiger partial charge in [0.15, 0.2) is 5.96 Å². The first-order valence-corrected chi connectivity index (χ1v) is 9.81. The highest BCUT2D eigenvalue weighted by Gasteiger charge is 2.20. The SMILES string of the molecule is CCC1CCCCN1CCNC(=NC)NCc1nc2ccccc2n1C. The minimum Gasteiger partial charge on any atom is -0.355 e. The zero-order valence-corrected chi connectivity index (χ0v) is 16.3. The number of hydrogen-bond donors (Lipinski definition) is 2. The van der Waals surface area contributed by atoms with Crippen LogP contribution >= 0.6 is 0 Å². The molecule has 2 heterocycles. The van der Waals surface area contributed by atoms with Crippen molar-refractivity contribution in [2.24, 2.45) is 12.0 Å². The quantitative estimate of drug-likeness (QED) is 0.617. The maximum atomic E-state index is 4.70. The molecule has 1 aliphatic rings. The number of piperidine rings is 1. The van der Waals surface area contributed by atoms with Crippen molar-refractivity contribution in [1.29, 1.82) is 0 Å². The van der Waals surface area contributed by atoms with Crippen molar-refractivity contribution in [3.05, 3.63) is 30.1 Å². The van der Waals surface area contributed by atoms with Gasteiger partial charge in [-0.25, -0.2) is 4.98 Å². The first-order valence-electron chi connectivity index (χ1n) is 9.81. The van der Waals surface area contributed by atoms with E-state index >= 15 is 0 Å². The second kappa shape index (κ2) is 9.03. The Hall–Kier alpha value is -2.08. The van der Waals surface area contributed by atoms with Crippen LogP contribution in [0.3, 0.4) is 0 Å². The first-order chi connectivity index (χ1) is 12.7. The van der Waals surface area contributed by atoms with Crippen LogP contribution in [0.5, 0.6) is 0 Å². The summed E-state index contributed by atoms with van der Waals surface area (Å²) >= 11 is 0. The van der Waals surface area contributed by atoms with Gasteiger partial charge in [0.05, 0.1) is 17.6 Å². The van der Waals surface area contributed by atoms with Crippen molar-refractivity contribution in [3.63, 3.8) is 0 Å². The van der Waals surface area contributed by atoms with Gasteiger partial charge in [-0.1, -0.05) is 25.5 Å². The van der Waals surface area contributed by atoms with Crippen LogP contribution in [0.1, 0.15) is 38.4 Å². The molecule has 0 bridgehead atoms. The highest BCUT2D eigenvalue weighted by Crippen LogP contribution is 2.18. The van der Waals surface area contributed by atoms with Crippen molar-refractivity contribution < 1.29 is 0 Å². The number of para-hydroxylation sites is 2. The number of hydrogen-bond acceptors (Lipinski definition) is 3. The summed E-state index contributed by atoms with van der Waals surface area (Å²) in [4.78, 5) is 11.7. The zero-order chi connectivity index (χ0) is 18.4. The van der Waals surface area contributed by atoms with E-state index in [0.717, 1.165) is 41.9 Å². The van der Waals surface area contributed by atoms with E-state index in [1.807, 2.05) is 19.2 Å². The number of aliphatic imine (C=N–C) groups is 1. The molecule has 142 valence electrons. The van der Waals surface area contributed by atoms with Gasteiger partial charge >= 0.3 is 0 Å². The van der Waals surface area contributed by atoms with Crippen molar-refractivity contribution >= 4 is 17.0 Å². The van der Waals surface area contributed by atoms with Gasteiger partial charge in [-0.3, -0.25) is 9.89 Å². The molecule has 6 heteroatoms. The summed E-state index contributed by atoms with van der Waals surface area (Å²) in [5.74, 6) is 1.85. The number of guanidine groups is 1. The van der Waals surface area contributed by atoms with E-state index in [0.29, 0.717) is 6.54 Å². The minimum absolute atomic E-state index is 0.659. The third-order valence-corrected chi connectivity index (χ3v) is 5.43. The van der Waals surface area contributed by atoms with E-state index < -0.39 is 0 Å². The van der Waals surface area contributed by atoms with Crippen molar-refractivity contribution in [2.45, 2.75) is 45.2 Å². The summed E-state index contributed by atoms with van der Waals surface area (Å²) in [6, 6.07) is 8.97. The van der Waals surface area contributed by atoms with Crippen LogP contribution in [0, 0.1) is 0 Å². The molecule has 0 saturated carbocycles. The number of aryl methyl sites for hydroxylation is 1. The second-order valence-corrected chi connectivity index (χ2v) is 7.02. The fourth-order valence-electron chi connectivity index (χ4n) is 3.87. The van der Waals surface area contributed by atoms with Gasteiger partial charge in [-0.05, 0) is 37.9 Å². The predicted octanol–water partition coefficient (Wildman–Crippen LogP) is 2.50. The highest BCUT2D eigenvalue weighted by atomic mass is 15.2. The van der Waals surface area contributed by atoms with E-state index in [9.17, 15) is 0 Å². The molecule has 0 amide bonds. The van der Waals surface area contributed by atoms with Gasteiger partial charge in [-0.15, -0.1) is 0 Å². The number of nitrogens with one attached hydrogen (secondary N) is 2. The van der Waals surface area contributed by atoms with E-state index in [1.54, 1.807) is 0 Å². The van der Waals surface area contributed by atoms with Crippen LogP contribution < -0.4 is 10.6 Å². The van der Waals surface area contributed by atoms with E-state index in [4.69, 9.17) is 4.98 Å². The predicted molar refractivity (Wildman–Crippen MR) is 108 cm³/mol. The maximum Gasteiger partial charge on any atom is 0.191 e. The summed E-state index contributed by atoms with van der Waals surface area (Å²) in [6.07, 6.45) is 5.30. The number of nitrogens with zero attached hydrogens (tertiary/aromatic N) is 4. The molecule has 1 aromatic carbocycles. The number of imidazole rings is 1. The monoisotopic (exact) mass is 356 g/mol. The molecule has 1 fully saturated rings. The molecule has 1 aromatic heterocycles. The summed E-state index contributed by atoms with van der Waals surface area (Å²) in [5, 5.41) is 6.83. The summed E-state index contributed by atoms with van der Waals surface area (Å²) < 4.78 is 2.13. The Balaban J connectivity index is 1.49. The number of likely N-dealkylation sites (tertiary alicyclic amines) is 1. The Bertz CT molecular complexity index is 735. The maximum absolute atomic E-state index is 4.70. The van der Waals surface area contributed by atoms with Gasteiger partial charge in [0.25, 0.3) is 0 Å². The number of benzene rings is 1. The Morgan fingerprint density at radius 2 is 2.12 bits per heavy atom. The molecule has 1 saturated heterocycles. The smallest absolute Gasteiger partial charge is 0.191 e. The molecule has 2 aromatic rings. The molecule has 6 nitrogen and oxygen atoms in total. The fourth-order valence-corrected chi connectivity index (χ4v) is 3.87. The summed E-state index contributed by atoms with van der Waals surface area (Å²) in [5.41, 5.74) is 2.19. The zero-order valence-electron chi connectivity index (χ0n) is 16.3. The Morgan fingerprint density at radius 3 is 2.88 bits per heavy atom. The fraction of sp³-hybridized carbons (Fsp3) is 0.600. The van der Waals surface area contributed by atoms with Crippen LogP contribution in [0.25, 0.3) is 11.0 Å². The second-order valence-electron chi connectivity index (χ2n) is 7.02.